The van der Waals surface area contributed by atoms with Crippen LogP contribution in [0.3, 0.4) is 0 Å². The average Bonchev–Trinajstić information content (AvgIpc) is 2.83. The van der Waals surface area contributed by atoms with E-state index in [1.807, 2.05) is 0 Å². The molecule has 1 saturated heterocycles. The standard InChI is InChI=1S/C16H29NO4/c1-2-3-4-5-6-7-8-9-13(18)12-15(19)17-14-10-11-21-16(14)20/h13-14,18H,2-12H2,1H3,(H,17,19)/t13-,14-/m1/s1. The number of rotatable bonds is 11. The van der Waals surface area contributed by atoms with Gasteiger partial charge in [-0.2, -0.15) is 0 Å². The van der Waals surface area contributed by atoms with Crippen molar-refractivity contribution in [3.8, 4) is 0 Å². The van der Waals surface area contributed by atoms with Crippen molar-refractivity contribution in [3.63, 3.8) is 0 Å². The van der Waals surface area contributed by atoms with Crippen LogP contribution >= 0.6 is 0 Å². The van der Waals surface area contributed by atoms with Crippen LogP contribution in [0.25, 0.3) is 0 Å². The van der Waals surface area contributed by atoms with E-state index in [0.29, 0.717) is 19.4 Å². The van der Waals surface area contributed by atoms with Crippen LogP contribution in [0.1, 0.15) is 71.1 Å². The Hall–Kier alpha value is -1.10. The van der Waals surface area contributed by atoms with Gasteiger partial charge in [0.2, 0.25) is 5.91 Å². The van der Waals surface area contributed by atoms with E-state index >= 15 is 0 Å². The quantitative estimate of drug-likeness (QED) is 0.453. The van der Waals surface area contributed by atoms with Gasteiger partial charge < -0.3 is 15.2 Å². The van der Waals surface area contributed by atoms with E-state index in [1.165, 1.54) is 32.1 Å². The van der Waals surface area contributed by atoms with Crippen molar-refractivity contribution in [2.75, 3.05) is 6.61 Å². The molecule has 1 amide bonds. The number of unbranched alkanes of at least 4 members (excludes halogenated alkanes) is 6. The predicted octanol–water partition coefficient (Wildman–Crippen LogP) is 2.31. The second-order valence-electron chi connectivity index (χ2n) is 5.84. The number of hydrogen-bond donors (Lipinski definition) is 2. The smallest absolute Gasteiger partial charge is 0.328 e. The number of esters is 1. The third kappa shape index (κ3) is 8.05. The molecule has 1 aliphatic heterocycles. The van der Waals surface area contributed by atoms with Crippen molar-refractivity contribution in [2.24, 2.45) is 0 Å². The Balaban J connectivity index is 2.00. The Labute approximate surface area is 127 Å². The summed E-state index contributed by atoms with van der Waals surface area (Å²) in [7, 11) is 0. The molecule has 122 valence electrons. The number of aliphatic hydroxyl groups is 1. The van der Waals surface area contributed by atoms with E-state index in [1.54, 1.807) is 0 Å². The van der Waals surface area contributed by atoms with Gasteiger partial charge in [-0.25, -0.2) is 4.79 Å². The predicted molar refractivity (Wildman–Crippen MR) is 80.7 cm³/mol. The molecule has 1 rings (SSSR count). The minimum absolute atomic E-state index is 0.0691. The molecule has 0 aromatic heterocycles. The van der Waals surface area contributed by atoms with Crippen molar-refractivity contribution in [1.82, 2.24) is 5.32 Å². The second-order valence-corrected chi connectivity index (χ2v) is 5.84. The highest BCUT2D eigenvalue weighted by molar-refractivity contribution is 5.85. The molecule has 0 bridgehead atoms. The van der Waals surface area contributed by atoms with Crippen LogP contribution < -0.4 is 5.32 Å². The van der Waals surface area contributed by atoms with Gasteiger partial charge in [-0.05, 0) is 6.42 Å². The summed E-state index contributed by atoms with van der Waals surface area (Å²) in [6.45, 7) is 2.57. The number of amides is 1. The molecule has 0 radical (unpaired) electrons. The maximum absolute atomic E-state index is 11.7. The number of ether oxygens (including phenoxy) is 1. The van der Waals surface area contributed by atoms with Gasteiger partial charge in [-0.1, -0.05) is 51.9 Å². The second kappa shape index (κ2) is 10.6. The van der Waals surface area contributed by atoms with Crippen molar-refractivity contribution in [2.45, 2.75) is 83.3 Å². The fraction of sp³-hybridized carbons (Fsp3) is 0.875. The van der Waals surface area contributed by atoms with Crippen molar-refractivity contribution < 1.29 is 19.4 Å². The summed E-state index contributed by atoms with van der Waals surface area (Å²) in [6.07, 6.45) is 8.99. The number of aliphatic hydroxyl groups excluding tert-OH is 1. The lowest BCUT2D eigenvalue weighted by atomic mass is 10.0. The van der Waals surface area contributed by atoms with Crippen LogP contribution in [0.5, 0.6) is 0 Å². The molecule has 0 saturated carbocycles. The van der Waals surface area contributed by atoms with E-state index in [-0.39, 0.29) is 18.3 Å². The average molecular weight is 299 g/mol. The molecule has 0 spiro atoms. The number of hydrogen-bond acceptors (Lipinski definition) is 4. The van der Waals surface area contributed by atoms with Gasteiger partial charge in [0, 0.05) is 6.42 Å². The highest BCUT2D eigenvalue weighted by atomic mass is 16.5. The Morgan fingerprint density at radius 1 is 1.29 bits per heavy atom. The summed E-state index contributed by atoms with van der Waals surface area (Å²) in [5.74, 6) is -0.640. The first kappa shape index (κ1) is 18.0. The summed E-state index contributed by atoms with van der Waals surface area (Å²) in [5.41, 5.74) is 0. The molecule has 1 heterocycles. The van der Waals surface area contributed by atoms with Crippen LogP contribution in [-0.2, 0) is 14.3 Å². The highest BCUT2D eigenvalue weighted by Gasteiger charge is 2.28. The highest BCUT2D eigenvalue weighted by Crippen LogP contribution is 2.12. The topological polar surface area (TPSA) is 75.6 Å². The third-order valence-corrected chi connectivity index (χ3v) is 3.83. The monoisotopic (exact) mass is 299 g/mol. The van der Waals surface area contributed by atoms with Crippen molar-refractivity contribution in [3.05, 3.63) is 0 Å². The fourth-order valence-electron chi connectivity index (χ4n) is 2.53. The first-order chi connectivity index (χ1) is 10.1. The number of carbonyl (C=O) groups excluding carboxylic acids is 2. The van der Waals surface area contributed by atoms with Crippen LogP contribution in [0.15, 0.2) is 0 Å². The molecular weight excluding hydrogens is 270 g/mol. The molecule has 2 atom stereocenters. The molecule has 1 fully saturated rings. The Morgan fingerprint density at radius 2 is 1.95 bits per heavy atom. The molecule has 2 N–H and O–H groups in total. The largest absolute Gasteiger partial charge is 0.464 e. The molecular formula is C16H29NO4. The van der Waals surface area contributed by atoms with Gasteiger partial charge in [-0.15, -0.1) is 0 Å². The normalized spacial score (nSPS) is 19.3. The molecule has 0 unspecified atom stereocenters. The van der Waals surface area contributed by atoms with E-state index in [9.17, 15) is 14.7 Å². The SMILES string of the molecule is CCCCCCCCC[C@@H](O)CC(=O)N[C@@H]1CCOC1=O. The number of nitrogens with one attached hydrogen (secondary N) is 1. The zero-order chi connectivity index (χ0) is 15.5. The van der Waals surface area contributed by atoms with Crippen LogP contribution in [-0.4, -0.2) is 35.7 Å². The van der Waals surface area contributed by atoms with E-state index in [2.05, 4.69) is 12.2 Å². The van der Waals surface area contributed by atoms with Crippen molar-refractivity contribution in [1.29, 1.82) is 0 Å². The van der Waals surface area contributed by atoms with Gasteiger partial charge in [0.1, 0.15) is 6.04 Å². The summed E-state index contributed by atoms with van der Waals surface area (Å²) in [4.78, 5) is 22.9. The fourth-order valence-corrected chi connectivity index (χ4v) is 2.53. The lowest BCUT2D eigenvalue weighted by molar-refractivity contribution is -0.141. The number of cyclic esters (lactones) is 1. The zero-order valence-electron chi connectivity index (χ0n) is 13.1. The lowest BCUT2D eigenvalue weighted by Crippen LogP contribution is -2.39. The van der Waals surface area contributed by atoms with Crippen LogP contribution in [0, 0.1) is 0 Å². The first-order valence-electron chi connectivity index (χ1n) is 8.27. The van der Waals surface area contributed by atoms with E-state index < -0.39 is 12.1 Å². The third-order valence-electron chi connectivity index (χ3n) is 3.83. The van der Waals surface area contributed by atoms with Gasteiger partial charge >= 0.3 is 5.97 Å². The van der Waals surface area contributed by atoms with Crippen LogP contribution in [0.2, 0.25) is 0 Å². The van der Waals surface area contributed by atoms with Gasteiger partial charge in [0.05, 0.1) is 19.1 Å². The van der Waals surface area contributed by atoms with Crippen LogP contribution in [0.4, 0.5) is 0 Å². The minimum atomic E-state index is -0.613. The summed E-state index contributed by atoms with van der Waals surface area (Å²) in [5, 5.41) is 12.4. The molecule has 5 heteroatoms. The summed E-state index contributed by atoms with van der Waals surface area (Å²) < 4.78 is 4.77. The van der Waals surface area contributed by atoms with Gasteiger partial charge in [0.15, 0.2) is 0 Å². The Kier molecular flexibility index (Phi) is 9.06. The molecule has 0 aromatic rings. The Morgan fingerprint density at radius 3 is 2.57 bits per heavy atom. The summed E-state index contributed by atoms with van der Waals surface area (Å²) in [6, 6.07) is -0.525. The maximum Gasteiger partial charge on any atom is 0.328 e. The first-order valence-corrected chi connectivity index (χ1v) is 8.27. The molecule has 1 aliphatic rings. The van der Waals surface area contributed by atoms with E-state index in [4.69, 9.17) is 4.74 Å². The molecule has 21 heavy (non-hydrogen) atoms. The van der Waals surface area contributed by atoms with E-state index in [0.717, 1.165) is 12.8 Å². The lowest BCUT2D eigenvalue weighted by Gasteiger charge is -2.12. The molecule has 5 nitrogen and oxygen atoms in total. The summed E-state index contributed by atoms with van der Waals surface area (Å²) >= 11 is 0. The Bertz CT molecular complexity index is 319. The van der Waals surface area contributed by atoms with Crippen molar-refractivity contribution >= 4 is 11.9 Å². The zero-order valence-corrected chi connectivity index (χ0v) is 13.1. The van der Waals surface area contributed by atoms with Gasteiger partial charge in [-0.3, -0.25) is 4.79 Å². The molecule has 0 aromatic carbocycles. The maximum atomic E-state index is 11.7. The molecule has 0 aliphatic carbocycles. The minimum Gasteiger partial charge on any atom is -0.464 e. The number of carbonyl (C=O) groups is 2. The van der Waals surface area contributed by atoms with Gasteiger partial charge in [0.25, 0.3) is 0 Å².